The van der Waals surface area contributed by atoms with Crippen molar-refractivity contribution in [2.45, 2.75) is 20.4 Å². The van der Waals surface area contributed by atoms with E-state index in [1.165, 1.54) is 0 Å². The molecule has 0 radical (unpaired) electrons. The molecule has 2 heterocycles. The van der Waals surface area contributed by atoms with E-state index < -0.39 is 0 Å². The summed E-state index contributed by atoms with van der Waals surface area (Å²) in [6.07, 6.45) is 5.30. The fourth-order valence-corrected chi connectivity index (χ4v) is 3.78. The smallest absolute Gasteiger partial charge is 0.266 e. The molecule has 2 aromatic rings. The van der Waals surface area contributed by atoms with Gasteiger partial charge in [0.1, 0.15) is 11.6 Å². The van der Waals surface area contributed by atoms with E-state index in [4.69, 9.17) is 15.0 Å². The summed E-state index contributed by atoms with van der Waals surface area (Å²) >= 11 is 0. The number of hydrogen-bond donors (Lipinski definition) is 0. The van der Waals surface area contributed by atoms with Gasteiger partial charge in [-0.1, -0.05) is 24.8 Å². The Morgan fingerprint density at radius 2 is 1.97 bits per heavy atom. The van der Waals surface area contributed by atoms with Crippen LogP contribution in [0, 0.1) is 11.3 Å². The van der Waals surface area contributed by atoms with Gasteiger partial charge < -0.3 is 4.74 Å². The van der Waals surface area contributed by atoms with Gasteiger partial charge in [0.25, 0.3) is 5.56 Å². The van der Waals surface area contributed by atoms with Gasteiger partial charge in [-0.3, -0.25) is 19.2 Å². The van der Waals surface area contributed by atoms with Crippen LogP contribution < -0.4 is 5.56 Å². The number of para-hydroxylation sites is 1. The molecule has 0 spiro atoms. The molecule has 1 fully saturated rings. The zero-order valence-corrected chi connectivity index (χ0v) is 18.3. The Labute approximate surface area is 183 Å². The van der Waals surface area contributed by atoms with E-state index in [-0.39, 0.29) is 5.56 Å². The second kappa shape index (κ2) is 10.7. The Hall–Kier alpha value is -3.21. The Morgan fingerprint density at radius 3 is 2.61 bits per heavy atom. The minimum absolute atomic E-state index is 0.129. The maximum atomic E-state index is 13.6. The highest BCUT2D eigenvalue weighted by Crippen LogP contribution is 2.21. The number of hydrogen-bond acceptors (Lipinski definition) is 6. The van der Waals surface area contributed by atoms with Crippen LogP contribution in [0.15, 0.2) is 59.6 Å². The fourth-order valence-electron chi connectivity index (χ4n) is 3.78. The summed E-state index contributed by atoms with van der Waals surface area (Å²) in [5, 5.41) is 9.50. The number of benzene rings is 1. The summed E-state index contributed by atoms with van der Waals surface area (Å²) in [5.41, 5.74) is 1.18. The highest BCUT2D eigenvalue weighted by atomic mass is 16.5. The first-order valence-electron chi connectivity index (χ1n) is 10.6. The van der Waals surface area contributed by atoms with Crippen LogP contribution >= 0.6 is 0 Å². The third kappa shape index (κ3) is 5.10. The number of nitrogens with zero attached hydrogens (tertiary/aromatic N) is 5. The van der Waals surface area contributed by atoms with Gasteiger partial charge in [-0.05, 0) is 38.1 Å². The molecule has 0 bridgehead atoms. The molecule has 0 aliphatic carbocycles. The molecular formula is C24H29N5O2. The van der Waals surface area contributed by atoms with E-state index in [0.29, 0.717) is 47.9 Å². The predicted octanol–water partition coefficient (Wildman–Crippen LogP) is 3.00. The summed E-state index contributed by atoms with van der Waals surface area (Å²) < 4.78 is 7.47. The van der Waals surface area contributed by atoms with E-state index in [2.05, 4.69) is 22.4 Å². The molecule has 7 heteroatoms. The molecule has 1 aliphatic heterocycles. The van der Waals surface area contributed by atoms with Gasteiger partial charge in [0, 0.05) is 26.2 Å². The van der Waals surface area contributed by atoms with Crippen molar-refractivity contribution in [1.82, 2.24) is 19.4 Å². The molecule has 0 saturated carbocycles. The molecule has 0 N–H and O–H groups in total. The van der Waals surface area contributed by atoms with Gasteiger partial charge >= 0.3 is 0 Å². The van der Waals surface area contributed by atoms with Gasteiger partial charge in [0.15, 0.2) is 0 Å². The molecule has 7 nitrogen and oxygen atoms in total. The van der Waals surface area contributed by atoms with Crippen LogP contribution in [-0.4, -0.2) is 58.7 Å². The highest BCUT2D eigenvalue weighted by Gasteiger charge is 2.22. The lowest BCUT2D eigenvalue weighted by atomic mass is 10.2. The van der Waals surface area contributed by atoms with Crippen LogP contribution in [0.5, 0.6) is 0 Å². The first-order chi connectivity index (χ1) is 15.1. The number of ether oxygens (including phenoxy) is 1. The molecular weight excluding hydrogens is 390 g/mol. The van der Waals surface area contributed by atoms with Gasteiger partial charge in [-0.25, -0.2) is 4.98 Å². The number of piperazine rings is 1. The lowest BCUT2D eigenvalue weighted by molar-refractivity contribution is 0.135. The number of allylic oxidation sites excluding steroid dienone is 4. The van der Waals surface area contributed by atoms with Crippen molar-refractivity contribution in [3.63, 3.8) is 0 Å². The van der Waals surface area contributed by atoms with E-state index in [9.17, 15) is 4.79 Å². The maximum Gasteiger partial charge on any atom is 0.266 e. The first kappa shape index (κ1) is 22.5. The molecule has 3 rings (SSSR count). The second-order valence-corrected chi connectivity index (χ2v) is 7.27. The Bertz CT molecular complexity index is 1090. The van der Waals surface area contributed by atoms with Crippen LogP contribution in [0.25, 0.3) is 16.6 Å². The Morgan fingerprint density at radius 1 is 1.26 bits per heavy atom. The zero-order valence-electron chi connectivity index (χ0n) is 18.3. The predicted molar refractivity (Wildman–Crippen MR) is 123 cm³/mol. The standard InChI is InChI=1S/C24H29N5O2/c1-4-9-21(22(5-2)31-6-3)29-23(18-28-16-14-27(13-12-25)15-17-28)26-20-11-8-7-10-19(20)24(29)30/h4-5,7-11H,1,6,13-18H2,2-3H3/b21-9+,22-5+. The minimum atomic E-state index is -0.129. The summed E-state index contributed by atoms with van der Waals surface area (Å²) in [5.74, 6) is 1.27. The lowest BCUT2D eigenvalue weighted by Crippen LogP contribution is -2.46. The third-order valence-corrected chi connectivity index (χ3v) is 5.30. The van der Waals surface area contributed by atoms with E-state index in [0.717, 1.165) is 26.2 Å². The van der Waals surface area contributed by atoms with Crippen LogP contribution in [0.1, 0.15) is 19.7 Å². The maximum absolute atomic E-state index is 13.6. The fraction of sp³-hybridized carbons (Fsp3) is 0.375. The van der Waals surface area contributed by atoms with Gasteiger partial charge in [-0.15, -0.1) is 0 Å². The molecule has 1 saturated heterocycles. The zero-order chi connectivity index (χ0) is 22.2. The van der Waals surface area contributed by atoms with Crippen LogP contribution in [0.3, 0.4) is 0 Å². The molecule has 1 aliphatic rings. The van der Waals surface area contributed by atoms with Crippen molar-refractivity contribution in [3.8, 4) is 6.07 Å². The Kier molecular flexibility index (Phi) is 7.76. The second-order valence-electron chi connectivity index (χ2n) is 7.27. The van der Waals surface area contributed by atoms with E-state index in [1.807, 2.05) is 38.1 Å². The molecule has 0 atom stereocenters. The van der Waals surface area contributed by atoms with Gasteiger partial charge in [-0.2, -0.15) is 5.26 Å². The van der Waals surface area contributed by atoms with Crippen LogP contribution in [0.2, 0.25) is 0 Å². The minimum Gasteiger partial charge on any atom is -0.492 e. The highest BCUT2D eigenvalue weighted by molar-refractivity contribution is 5.79. The lowest BCUT2D eigenvalue weighted by Gasteiger charge is -2.33. The van der Waals surface area contributed by atoms with Crippen molar-refractivity contribution in [2.24, 2.45) is 0 Å². The van der Waals surface area contributed by atoms with Crippen molar-refractivity contribution in [2.75, 3.05) is 39.3 Å². The number of fused-ring (bicyclic) bond motifs is 1. The van der Waals surface area contributed by atoms with Gasteiger partial charge in [0.2, 0.25) is 0 Å². The van der Waals surface area contributed by atoms with Crippen LogP contribution in [-0.2, 0) is 11.3 Å². The van der Waals surface area contributed by atoms with E-state index >= 15 is 0 Å². The summed E-state index contributed by atoms with van der Waals surface area (Å²) in [6.45, 7) is 12.3. The largest absolute Gasteiger partial charge is 0.492 e. The summed E-state index contributed by atoms with van der Waals surface area (Å²) in [7, 11) is 0. The number of aromatic nitrogens is 2. The number of rotatable bonds is 8. The molecule has 1 aromatic carbocycles. The van der Waals surface area contributed by atoms with Crippen LogP contribution in [0.4, 0.5) is 0 Å². The molecule has 1 aromatic heterocycles. The molecule has 0 amide bonds. The topological polar surface area (TPSA) is 74.4 Å². The van der Waals surface area contributed by atoms with Crippen molar-refractivity contribution >= 4 is 16.6 Å². The summed E-state index contributed by atoms with van der Waals surface area (Å²) in [4.78, 5) is 22.8. The normalized spacial score (nSPS) is 16.3. The Balaban J connectivity index is 2.08. The van der Waals surface area contributed by atoms with Gasteiger partial charge in [0.05, 0.1) is 42.4 Å². The first-order valence-corrected chi connectivity index (χ1v) is 10.6. The molecule has 31 heavy (non-hydrogen) atoms. The third-order valence-electron chi connectivity index (χ3n) is 5.30. The number of nitriles is 1. The average Bonchev–Trinajstić information content (AvgIpc) is 2.78. The van der Waals surface area contributed by atoms with Crippen molar-refractivity contribution in [3.05, 3.63) is 71.0 Å². The van der Waals surface area contributed by atoms with Crippen molar-refractivity contribution < 1.29 is 4.74 Å². The monoisotopic (exact) mass is 419 g/mol. The van der Waals surface area contributed by atoms with E-state index in [1.54, 1.807) is 22.8 Å². The van der Waals surface area contributed by atoms with Crippen molar-refractivity contribution in [1.29, 1.82) is 5.26 Å². The summed E-state index contributed by atoms with van der Waals surface area (Å²) in [6, 6.07) is 9.61. The average molecular weight is 420 g/mol. The molecule has 162 valence electrons. The molecule has 0 unspecified atom stereocenters. The quantitative estimate of drug-likeness (QED) is 0.372. The SMILES string of the molecule is C=C/C=C(\C(=C/C)OCC)n1c(CN2CCN(CC#N)CC2)nc2ccccc2c1=O.